The molecule has 1 N–H and O–H groups in total. The zero-order valence-corrected chi connectivity index (χ0v) is 11.9. The third-order valence-electron chi connectivity index (χ3n) is 3.26. The molecule has 92 valence electrons. The van der Waals surface area contributed by atoms with Gasteiger partial charge in [0.15, 0.2) is 0 Å². The Labute approximate surface area is 120 Å². The SMILES string of the molecule is O[C@H]1COc2ccc(I)cc2[C@@H]1c1ccccc1. The Bertz CT molecular complexity index is 554. The normalized spacial score (nSPS) is 22.1. The molecule has 0 radical (unpaired) electrons. The molecule has 18 heavy (non-hydrogen) atoms. The van der Waals surface area contributed by atoms with Crippen LogP contribution < -0.4 is 4.74 Å². The molecule has 2 nitrogen and oxygen atoms in total. The minimum atomic E-state index is -0.488. The summed E-state index contributed by atoms with van der Waals surface area (Å²) >= 11 is 2.29. The molecular formula is C15H13IO2. The standard InChI is InChI=1S/C15H13IO2/c16-11-6-7-14-12(8-11)15(13(17)9-18-14)10-4-2-1-3-5-10/h1-8,13,15,17H,9H2/t13-,15-/m0/s1. The molecular weight excluding hydrogens is 339 g/mol. The van der Waals surface area contributed by atoms with Crippen molar-refractivity contribution in [2.75, 3.05) is 6.61 Å². The fraction of sp³-hybridized carbons (Fsp3) is 0.200. The molecule has 1 heterocycles. The Morgan fingerprint density at radius 1 is 1.11 bits per heavy atom. The lowest BCUT2D eigenvalue weighted by Gasteiger charge is -2.31. The van der Waals surface area contributed by atoms with Gasteiger partial charge >= 0.3 is 0 Å². The van der Waals surface area contributed by atoms with Gasteiger partial charge in [0.2, 0.25) is 0 Å². The zero-order valence-electron chi connectivity index (χ0n) is 9.71. The summed E-state index contributed by atoms with van der Waals surface area (Å²) in [5.41, 5.74) is 2.21. The van der Waals surface area contributed by atoms with Crippen molar-refractivity contribution < 1.29 is 9.84 Å². The molecule has 3 heteroatoms. The third-order valence-corrected chi connectivity index (χ3v) is 3.93. The molecule has 0 saturated heterocycles. The van der Waals surface area contributed by atoms with Gasteiger partial charge in [-0.05, 0) is 46.4 Å². The number of halogens is 1. The van der Waals surface area contributed by atoms with E-state index in [1.165, 1.54) is 0 Å². The van der Waals surface area contributed by atoms with Gasteiger partial charge in [-0.2, -0.15) is 0 Å². The molecule has 0 fully saturated rings. The van der Waals surface area contributed by atoms with Crippen LogP contribution in [0.25, 0.3) is 0 Å². The van der Waals surface area contributed by atoms with Crippen LogP contribution in [0.2, 0.25) is 0 Å². The molecule has 3 rings (SSSR count). The highest BCUT2D eigenvalue weighted by molar-refractivity contribution is 14.1. The average molecular weight is 352 g/mol. The molecule has 2 aromatic carbocycles. The van der Waals surface area contributed by atoms with E-state index in [1.807, 2.05) is 30.3 Å². The van der Waals surface area contributed by atoms with E-state index >= 15 is 0 Å². The number of hydrogen-bond donors (Lipinski definition) is 1. The molecule has 0 aromatic heterocycles. The first-order chi connectivity index (χ1) is 8.75. The van der Waals surface area contributed by atoms with Gasteiger partial charge in [0.05, 0.1) is 6.10 Å². The van der Waals surface area contributed by atoms with Gasteiger partial charge in [0.1, 0.15) is 12.4 Å². The van der Waals surface area contributed by atoms with Crippen LogP contribution in [0.4, 0.5) is 0 Å². The van der Waals surface area contributed by atoms with Crippen LogP contribution in [-0.4, -0.2) is 17.8 Å². The average Bonchev–Trinajstić information content (AvgIpc) is 2.39. The molecule has 0 amide bonds. The molecule has 1 aliphatic heterocycles. The Morgan fingerprint density at radius 3 is 2.67 bits per heavy atom. The first-order valence-corrected chi connectivity index (χ1v) is 6.99. The van der Waals surface area contributed by atoms with Gasteiger partial charge in [0.25, 0.3) is 0 Å². The van der Waals surface area contributed by atoms with Crippen molar-refractivity contribution in [2.45, 2.75) is 12.0 Å². The quantitative estimate of drug-likeness (QED) is 0.799. The lowest BCUT2D eigenvalue weighted by molar-refractivity contribution is 0.0770. The van der Waals surface area contributed by atoms with Crippen LogP contribution in [0, 0.1) is 3.57 Å². The Morgan fingerprint density at radius 2 is 1.89 bits per heavy atom. The topological polar surface area (TPSA) is 29.5 Å². The number of hydrogen-bond acceptors (Lipinski definition) is 2. The number of ether oxygens (including phenoxy) is 1. The molecule has 2 aromatic rings. The van der Waals surface area contributed by atoms with Crippen molar-refractivity contribution in [3.8, 4) is 5.75 Å². The maximum absolute atomic E-state index is 10.2. The van der Waals surface area contributed by atoms with E-state index in [1.54, 1.807) is 0 Å². The summed E-state index contributed by atoms with van der Waals surface area (Å²) in [6, 6.07) is 16.2. The molecule has 2 atom stereocenters. The second-order valence-corrected chi connectivity index (χ2v) is 5.69. The lowest BCUT2D eigenvalue weighted by Crippen LogP contribution is -2.31. The van der Waals surface area contributed by atoms with Crippen LogP contribution in [-0.2, 0) is 0 Å². The maximum Gasteiger partial charge on any atom is 0.123 e. The molecule has 0 bridgehead atoms. The summed E-state index contributed by atoms with van der Waals surface area (Å²) in [5.74, 6) is 0.888. The highest BCUT2D eigenvalue weighted by Crippen LogP contribution is 2.38. The van der Waals surface area contributed by atoms with Crippen LogP contribution in [0.3, 0.4) is 0 Å². The van der Waals surface area contributed by atoms with Gasteiger partial charge in [-0.3, -0.25) is 0 Å². The van der Waals surface area contributed by atoms with Gasteiger partial charge in [-0.1, -0.05) is 30.3 Å². The minimum absolute atomic E-state index is 0.00432. The van der Waals surface area contributed by atoms with Crippen molar-refractivity contribution in [3.05, 3.63) is 63.2 Å². The summed E-state index contributed by atoms with van der Waals surface area (Å²) in [7, 11) is 0. The first-order valence-electron chi connectivity index (χ1n) is 5.91. The predicted octanol–water partition coefficient (Wildman–Crippen LogP) is 3.18. The number of aliphatic hydroxyl groups excluding tert-OH is 1. The number of aliphatic hydroxyl groups is 1. The molecule has 0 saturated carbocycles. The zero-order chi connectivity index (χ0) is 12.5. The highest BCUT2D eigenvalue weighted by atomic mass is 127. The van der Waals surface area contributed by atoms with E-state index in [4.69, 9.17) is 4.74 Å². The van der Waals surface area contributed by atoms with E-state index in [2.05, 4.69) is 40.8 Å². The van der Waals surface area contributed by atoms with E-state index < -0.39 is 6.10 Å². The summed E-state index contributed by atoms with van der Waals surface area (Å²) in [6.07, 6.45) is -0.488. The Balaban J connectivity index is 2.12. The summed E-state index contributed by atoms with van der Waals surface area (Å²) in [4.78, 5) is 0. The monoisotopic (exact) mass is 352 g/mol. The molecule has 0 spiro atoms. The predicted molar refractivity (Wildman–Crippen MR) is 78.9 cm³/mol. The minimum Gasteiger partial charge on any atom is -0.491 e. The van der Waals surface area contributed by atoms with Crippen LogP contribution in [0.1, 0.15) is 17.0 Å². The number of rotatable bonds is 1. The Hall–Kier alpha value is -1.07. The van der Waals surface area contributed by atoms with E-state index in [0.29, 0.717) is 6.61 Å². The van der Waals surface area contributed by atoms with Crippen molar-refractivity contribution in [2.24, 2.45) is 0 Å². The molecule has 0 aliphatic carbocycles. The molecule has 1 aliphatic rings. The number of fused-ring (bicyclic) bond motifs is 1. The van der Waals surface area contributed by atoms with Crippen molar-refractivity contribution in [1.82, 2.24) is 0 Å². The number of benzene rings is 2. The first kappa shape index (κ1) is 12.0. The highest BCUT2D eigenvalue weighted by Gasteiger charge is 2.30. The van der Waals surface area contributed by atoms with Gasteiger partial charge in [0, 0.05) is 15.1 Å². The van der Waals surface area contributed by atoms with Crippen LogP contribution in [0.5, 0.6) is 5.75 Å². The fourth-order valence-electron chi connectivity index (χ4n) is 2.43. The summed E-state index contributed by atoms with van der Waals surface area (Å²) in [6.45, 7) is 0.354. The molecule has 0 unspecified atom stereocenters. The van der Waals surface area contributed by atoms with Crippen molar-refractivity contribution >= 4 is 22.6 Å². The van der Waals surface area contributed by atoms with Crippen LogP contribution >= 0.6 is 22.6 Å². The lowest BCUT2D eigenvalue weighted by atomic mass is 9.85. The third kappa shape index (κ3) is 2.12. The van der Waals surface area contributed by atoms with E-state index in [9.17, 15) is 5.11 Å². The maximum atomic E-state index is 10.2. The second kappa shape index (κ2) is 4.90. The van der Waals surface area contributed by atoms with Gasteiger partial charge in [-0.15, -0.1) is 0 Å². The van der Waals surface area contributed by atoms with Gasteiger partial charge in [-0.25, -0.2) is 0 Å². The summed E-state index contributed by atoms with van der Waals surface area (Å²) in [5, 5.41) is 10.2. The van der Waals surface area contributed by atoms with Crippen LogP contribution in [0.15, 0.2) is 48.5 Å². The van der Waals surface area contributed by atoms with Crippen molar-refractivity contribution in [3.63, 3.8) is 0 Å². The van der Waals surface area contributed by atoms with Crippen molar-refractivity contribution in [1.29, 1.82) is 0 Å². The van der Waals surface area contributed by atoms with E-state index in [-0.39, 0.29) is 5.92 Å². The van der Waals surface area contributed by atoms with E-state index in [0.717, 1.165) is 20.4 Å². The van der Waals surface area contributed by atoms with Gasteiger partial charge < -0.3 is 9.84 Å². The fourth-order valence-corrected chi connectivity index (χ4v) is 2.95. The second-order valence-electron chi connectivity index (χ2n) is 4.45. The summed E-state index contributed by atoms with van der Waals surface area (Å²) < 4.78 is 6.75. The Kier molecular flexibility index (Phi) is 3.26. The largest absolute Gasteiger partial charge is 0.491 e. The smallest absolute Gasteiger partial charge is 0.123 e.